The lowest BCUT2D eigenvalue weighted by Gasteiger charge is -2.18. The van der Waals surface area contributed by atoms with E-state index in [1.165, 1.54) is 12.7 Å². The molecule has 0 aromatic carbocycles. The zero-order valence-corrected chi connectivity index (χ0v) is 11.0. The van der Waals surface area contributed by atoms with E-state index in [0.29, 0.717) is 5.65 Å². The van der Waals surface area contributed by atoms with Gasteiger partial charge in [0.15, 0.2) is 11.5 Å². The van der Waals surface area contributed by atoms with Crippen molar-refractivity contribution in [2.24, 2.45) is 10.2 Å². The van der Waals surface area contributed by atoms with Crippen molar-refractivity contribution in [1.82, 2.24) is 19.5 Å². The Bertz CT molecular complexity index is 805. The van der Waals surface area contributed by atoms with Crippen LogP contribution in [0, 0.1) is 0 Å². The van der Waals surface area contributed by atoms with Crippen LogP contribution >= 0.6 is 0 Å². The summed E-state index contributed by atoms with van der Waals surface area (Å²) in [5, 5.41) is 26.7. The van der Waals surface area contributed by atoms with E-state index >= 15 is 0 Å². The third kappa shape index (κ3) is 2.08. The molecule has 1 aliphatic carbocycles. The first-order valence-electron chi connectivity index (χ1n) is 6.30. The largest absolute Gasteiger partial charge is 0.390 e. The van der Waals surface area contributed by atoms with Gasteiger partial charge in [-0.05, 0) is 22.6 Å². The van der Waals surface area contributed by atoms with Gasteiger partial charge < -0.3 is 14.8 Å². The molecular weight excluding hydrogens is 292 g/mol. The molecule has 0 spiro atoms. The van der Waals surface area contributed by atoms with Crippen LogP contribution in [0.3, 0.4) is 0 Å². The molecule has 22 heavy (non-hydrogen) atoms. The Kier molecular flexibility index (Phi) is 3.49. The van der Waals surface area contributed by atoms with Crippen LogP contribution in [0.1, 0.15) is 12.5 Å². The summed E-state index contributed by atoms with van der Waals surface area (Å²) in [6.45, 7) is 0. The van der Waals surface area contributed by atoms with Crippen LogP contribution in [0.5, 0.6) is 0 Å². The molecule has 0 amide bonds. The van der Waals surface area contributed by atoms with Crippen molar-refractivity contribution in [2.75, 3.05) is 0 Å². The van der Waals surface area contributed by atoms with Crippen molar-refractivity contribution in [3.8, 4) is 0 Å². The van der Waals surface area contributed by atoms with Crippen LogP contribution in [0.15, 0.2) is 22.9 Å². The SMILES string of the molecule is [N-]=[N+]=Nc1ncnc2c1ncn2[C@H]1C[C@H](O)[C@H](O)[C@H]1N=[N+]=[N-]. The van der Waals surface area contributed by atoms with Gasteiger partial charge in [0.1, 0.15) is 11.8 Å². The summed E-state index contributed by atoms with van der Waals surface area (Å²) in [6, 6.07) is -1.37. The molecule has 1 fully saturated rings. The Morgan fingerprint density at radius 2 is 2.05 bits per heavy atom. The van der Waals surface area contributed by atoms with Gasteiger partial charge in [0.05, 0.1) is 30.6 Å². The van der Waals surface area contributed by atoms with Crippen molar-refractivity contribution < 1.29 is 10.2 Å². The molecule has 1 aliphatic rings. The van der Waals surface area contributed by atoms with E-state index in [2.05, 4.69) is 35.0 Å². The lowest BCUT2D eigenvalue weighted by molar-refractivity contribution is 0.0363. The predicted molar refractivity (Wildman–Crippen MR) is 72.7 cm³/mol. The zero-order valence-electron chi connectivity index (χ0n) is 11.0. The van der Waals surface area contributed by atoms with Gasteiger partial charge in [0, 0.05) is 9.82 Å². The number of hydrogen-bond acceptors (Lipinski definition) is 7. The quantitative estimate of drug-likeness (QED) is 0.488. The van der Waals surface area contributed by atoms with E-state index in [4.69, 9.17) is 11.1 Å². The second kappa shape index (κ2) is 5.47. The van der Waals surface area contributed by atoms with E-state index in [9.17, 15) is 10.2 Å². The highest BCUT2D eigenvalue weighted by Crippen LogP contribution is 2.35. The van der Waals surface area contributed by atoms with Crippen LogP contribution in [0.4, 0.5) is 5.82 Å². The molecule has 2 N–H and O–H groups in total. The van der Waals surface area contributed by atoms with Crippen LogP contribution in [-0.2, 0) is 0 Å². The van der Waals surface area contributed by atoms with Crippen LogP contribution in [0.2, 0.25) is 0 Å². The monoisotopic (exact) mass is 302 g/mol. The van der Waals surface area contributed by atoms with E-state index in [0.717, 1.165) is 0 Å². The van der Waals surface area contributed by atoms with E-state index in [-0.39, 0.29) is 17.8 Å². The molecule has 4 atom stereocenters. The number of azide groups is 2. The molecular formula is C10H10N10O2. The van der Waals surface area contributed by atoms with E-state index in [1.807, 2.05) is 0 Å². The van der Waals surface area contributed by atoms with Gasteiger partial charge in [-0.15, -0.1) is 0 Å². The highest BCUT2D eigenvalue weighted by atomic mass is 16.3. The molecule has 12 nitrogen and oxygen atoms in total. The summed E-state index contributed by atoms with van der Waals surface area (Å²) in [7, 11) is 0. The van der Waals surface area contributed by atoms with Crippen molar-refractivity contribution in [1.29, 1.82) is 0 Å². The second-order valence-electron chi connectivity index (χ2n) is 4.77. The smallest absolute Gasteiger partial charge is 0.163 e. The molecule has 0 aliphatic heterocycles. The number of imidazole rings is 1. The summed E-state index contributed by atoms with van der Waals surface area (Å²) < 4.78 is 1.58. The minimum atomic E-state index is -1.17. The molecule has 0 bridgehead atoms. The van der Waals surface area contributed by atoms with Crippen LogP contribution in [-0.4, -0.2) is 48.0 Å². The first-order chi connectivity index (χ1) is 10.7. The maximum absolute atomic E-state index is 9.92. The van der Waals surface area contributed by atoms with E-state index in [1.54, 1.807) is 4.57 Å². The fourth-order valence-electron chi connectivity index (χ4n) is 2.66. The molecule has 12 heteroatoms. The normalized spacial score (nSPS) is 27.4. The van der Waals surface area contributed by atoms with Gasteiger partial charge in [0.2, 0.25) is 0 Å². The number of aromatic nitrogens is 4. The topological polar surface area (TPSA) is 182 Å². The molecule has 0 unspecified atom stereocenters. The molecule has 2 aromatic heterocycles. The first kappa shape index (κ1) is 14.0. The van der Waals surface area contributed by atoms with Gasteiger partial charge in [-0.25, -0.2) is 15.0 Å². The average molecular weight is 302 g/mol. The zero-order chi connectivity index (χ0) is 15.7. The highest BCUT2D eigenvalue weighted by Gasteiger charge is 2.42. The van der Waals surface area contributed by atoms with Gasteiger partial charge in [-0.2, -0.15) is 0 Å². The van der Waals surface area contributed by atoms with Gasteiger partial charge in [0.25, 0.3) is 0 Å². The highest BCUT2D eigenvalue weighted by molar-refractivity contribution is 5.80. The number of aliphatic hydroxyl groups excluding tert-OH is 2. The molecule has 2 aromatic rings. The van der Waals surface area contributed by atoms with E-state index < -0.39 is 24.3 Å². The van der Waals surface area contributed by atoms with Crippen molar-refractivity contribution in [3.63, 3.8) is 0 Å². The fourth-order valence-corrected chi connectivity index (χ4v) is 2.66. The van der Waals surface area contributed by atoms with Crippen molar-refractivity contribution >= 4 is 17.0 Å². The lowest BCUT2D eigenvalue weighted by atomic mass is 10.1. The Morgan fingerprint density at radius 3 is 2.77 bits per heavy atom. The molecule has 0 saturated heterocycles. The minimum Gasteiger partial charge on any atom is -0.390 e. The predicted octanol–water partition coefficient (Wildman–Crippen LogP) is 1.11. The summed E-state index contributed by atoms with van der Waals surface area (Å²) in [5.74, 6) is 0.0747. The number of nitrogens with zero attached hydrogens (tertiary/aromatic N) is 10. The number of hydrogen-bond donors (Lipinski definition) is 2. The maximum atomic E-state index is 9.92. The standard InChI is InChI=1S/C10H10N10O2/c11-18-16-6-4(1-5(21)8(6)22)20-3-15-7-9(17-19-12)13-2-14-10(7)20/h2-6,8,21-22H,1H2/t4-,5-,6-,8-/m0/s1. The first-order valence-corrected chi connectivity index (χ1v) is 6.30. The number of aliphatic hydroxyl groups is 2. The Morgan fingerprint density at radius 1 is 1.23 bits per heavy atom. The average Bonchev–Trinajstić information content (AvgIpc) is 3.05. The Labute approximate surface area is 122 Å². The van der Waals surface area contributed by atoms with Crippen LogP contribution < -0.4 is 0 Å². The van der Waals surface area contributed by atoms with Crippen molar-refractivity contribution in [2.45, 2.75) is 30.7 Å². The van der Waals surface area contributed by atoms with Gasteiger partial charge >= 0.3 is 0 Å². The third-order valence-corrected chi connectivity index (χ3v) is 3.64. The summed E-state index contributed by atoms with van der Waals surface area (Å²) >= 11 is 0. The summed E-state index contributed by atoms with van der Waals surface area (Å²) in [4.78, 5) is 17.4. The molecule has 112 valence electrons. The molecule has 1 saturated carbocycles. The second-order valence-corrected chi connectivity index (χ2v) is 4.77. The number of fused-ring (bicyclic) bond motifs is 1. The summed E-state index contributed by atoms with van der Waals surface area (Å²) in [5.41, 5.74) is 17.8. The minimum absolute atomic E-state index is 0.0747. The maximum Gasteiger partial charge on any atom is 0.163 e. The van der Waals surface area contributed by atoms with Gasteiger partial charge in [-0.3, -0.25) is 0 Å². The van der Waals surface area contributed by atoms with Crippen molar-refractivity contribution in [3.05, 3.63) is 33.5 Å². The lowest BCUT2D eigenvalue weighted by Crippen LogP contribution is -2.29. The molecule has 0 radical (unpaired) electrons. The van der Waals surface area contributed by atoms with Crippen LogP contribution in [0.25, 0.3) is 32.0 Å². The summed E-state index contributed by atoms with van der Waals surface area (Å²) in [6.07, 6.45) is 0.630. The molecule has 3 rings (SSSR count). The Balaban J connectivity index is 2.12. The third-order valence-electron chi connectivity index (χ3n) is 3.64. The Hall–Kier alpha value is -2.91. The number of rotatable bonds is 3. The fraction of sp³-hybridized carbons (Fsp3) is 0.500. The van der Waals surface area contributed by atoms with Gasteiger partial charge in [-0.1, -0.05) is 5.11 Å². The molecule has 2 heterocycles.